The molecule has 3 amide bonds. The molecule has 2 aliphatic heterocycles. The molecule has 1 fully saturated rings. The lowest BCUT2D eigenvalue weighted by Crippen LogP contribution is -2.56. The molecule has 3 aliphatic rings. The number of nitrogens with one attached hydrogen (secondary N) is 3. The maximum atomic E-state index is 13.3. The fourth-order valence-corrected chi connectivity index (χ4v) is 4.80. The first-order valence-electron chi connectivity index (χ1n) is 13.4. The van der Waals surface area contributed by atoms with E-state index in [0.717, 1.165) is 43.4 Å². The van der Waals surface area contributed by atoms with Gasteiger partial charge in [0, 0.05) is 19.1 Å². The van der Waals surface area contributed by atoms with Gasteiger partial charge in [-0.15, -0.1) is 0 Å². The highest BCUT2D eigenvalue weighted by Gasteiger charge is 2.31. The summed E-state index contributed by atoms with van der Waals surface area (Å²) in [6.07, 6.45) is 4.71. The topological polar surface area (TPSA) is 152 Å². The van der Waals surface area contributed by atoms with Crippen molar-refractivity contribution >= 4 is 17.9 Å². The van der Waals surface area contributed by atoms with E-state index >= 15 is 0 Å². The van der Waals surface area contributed by atoms with Gasteiger partial charge in [-0.2, -0.15) is 0 Å². The zero-order valence-electron chi connectivity index (χ0n) is 21.9. The van der Waals surface area contributed by atoms with Crippen LogP contribution in [0.1, 0.15) is 57.9 Å². The number of fused-ring (bicyclic) bond motifs is 13. The van der Waals surface area contributed by atoms with Crippen molar-refractivity contribution in [1.82, 2.24) is 16.0 Å². The maximum Gasteiger partial charge on any atom is 0.326 e. The predicted octanol–water partition coefficient (Wildman–Crippen LogP) is 2.20. The van der Waals surface area contributed by atoms with E-state index in [-0.39, 0.29) is 36.2 Å². The number of benzene rings is 1. The number of hydrogen-bond acceptors (Lipinski definition) is 6. The van der Waals surface area contributed by atoms with Crippen molar-refractivity contribution in [3.05, 3.63) is 29.8 Å². The van der Waals surface area contributed by atoms with Crippen LogP contribution in [-0.2, 0) is 20.7 Å². The average molecular weight is 519 g/mol. The van der Waals surface area contributed by atoms with Crippen molar-refractivity contribution in [3.63, 3.8) is 0 Å². The molecule has 5 atom stereocenters. The molecule has 1 saturated carbocycles. The number of hydrogen-bond donors (Lipinski definition) is 5. The van der Waals surface area contributed by atoms with Crippen molar-refractivity contribution in [3.8, 4) is 5.75 Å². The van der Waals surface area contributed by atoms with Crippen LogP contribution in [0.3, 0.4) is 0 Å². The third-order valence-corrected chi connectivity index (χ3v) is 7.12. The van der Waals surface area contributed by atoms with E-state index in [1.54, 1.807) is 0 Å². The number of urea groups is 1. The van der Waals surface area contributed by atoms with Gasteiger partial charge in [-0.25, -0.2) is 9.59 Å². The number of aliphatic carboxylic acids is 1. The Morgan fingerprint density at radius 2 is 1.89 bits per heavy atom. The van der Waals surface area contributed by atoms with Gasteiger partial charge in [0.2, 0.25) is 5.91 Å². The van der Waals surface area contributed by atoms with Crippen LogP contribution >= 0.6 is 0 Å². The lowest BCUT2D eigenvalue weighted by Gasteiger charge is -2.27. The molecule has 3 unspecified atom stereocenters. The van der Waals surface area contributed by atoms with E-state index in [1.807, 2.05) is 38.1 Å². The van der Waals surface area contributed by atoms with Gasteiger partial charge >= 0.3 is 12.0 Å². The normalized spacial score (nSPS) is 26.2. The Morgan fingerprint density at radius 3 is 2.54 bits per heavy atom. The molecule has 10 heteroatoms. The first-order valence-corrected chi connectivity index (χ1v) is 13.4. The van der Waals surface area contributed by atoms with Crippen molar-refractivity contribution in [2.24, 2.45) is 17.6 Å². The highest BCUT2D eigenvalue weighted by Crippen LogP contribution is 2.28. The summed E-state index contributed by atoms with van der Waals surface area (Å²) in [4.78, 5) is 38.1. The quantitative estimate of drug-likeness (QED) is 0.387. The van der Waals surface area contributed by atoms with E-state index < -0.39 is 24.1 Å². The predicted molar refractivity (Wildman–Crippen MR) is 139 cm³/mol. The number of nitrogens with two attached hydrogens (primary N) is 1. The van der Waals surface area contributed by atoms with Gasteiger partial charge in [0.1, 0.15) is 17.8 Å². The van der Waals surface area contributed by atoms with Crippen LogP contribution in [0, 0.1) is 11.8 Å². The molecule has 0 aromatic heterocycles. The molecule has 6 N–H and O–H groups in total. The molecular weight excluding hydrogens is 476 g/mol. The summed E-state index contributed by atoms with van der Waals surface area (Å²) in [5.74, 6) is -0.451. The maximum absolute atomic E-state index is 13.3. The molecule has 0 radical (unpaired) electrons. The van der Waals surface area contributed by atoms with E-state index in [2.05, 4.69) is 16.0 Å². The van der Waals surface area contributed by atoms with Gasteiger partial charge in [0.25, 0.3) is 0 Å². The van der Waals surface area contributed by atoms with Crippen LogP contribution in [0.5, 0.6) is 5.75 Å². The third kappa shape index (κ3) is 9.51. The largest absolute Gasteiger partial charge is 0.494 e. The molecule has 37 heavy (non-hydrogen) atoms. The van der Waals surface area contributed by atoms with Gasteiger partial charge in [-0.3, -0.25) is 4.79 Å². The second-order valence-corrected chi connectivity index (χ2v) is 10.6. The van der Waals surface area contributed by atoms with Gasteiger partial charge in [-0.1, -0.05) is 26.0 Å². The van der Waals surface area contributed by atoms with Crippen LogP contribution < -0.4 is 26.4 Å². The zero-order valence-corrected chi connectivity index (χ0v) is 21.9. The fraction of sp³-hybridized carbons (Fsp3) is 0.667. The fourth-order valence-electron chi connectivity index (χ4n) is 4.80. The Balaban J connectivity index is 1.72. The minimum absolute atomic E-state index is 0.0741. The van der Waals surface area contributed by atoms with Crippen LogP contribution in [0.2, 0.25) is 0 Å². The number of ether oxygens (including phenoxy) is 2. The molecule has 0 spiro atoms. The Morgan fingerprint density at radius 1 is 1.16 bits per heavy atom. The molecule has 0 saturated heterocycles. The van der Waals surface area contributed by atoms with Crippen molar-refractivity contribution in [2.75, 3.05) is 19.8 Å². The summed E-state index contributed by atoms with van der Waals surface area (Å²) in [5, 5.41) is 18.0. The summed E-state index contributed by atoms with van der Waals surface area (Å²) in [6.45, 7) is 5.52. The molecule has 4 rings (SSSR count). The van der Waals surface area contributed by atoms with E-state index in [0.29, 0.717) is 26.2 Å². The monoisotopic (exact) mass is 518 g/mol. The number of carbonyl (C=O) groups excluding carboxylic acids is 2. The van der Waals surface area contributed by atoms with Gasteiger partial charge < -0.3 is 36.3 Å². The lowest BCUT2D eigenvalue weighted by molar-refractivity contribution is -0.139. The number of carboxylic acid groups (broad SMARTS) is 1. The van der Waals surface area contributed by atoms with Crippen LogP contribution in [0.25, 0.3) is 0 Å². The number of rotatable bonds is 6. The summed E-state index contributed by atoms with van der Waals surface area (Å²) >= 11 is 0. The number of carbonyl (C=O) groups is 3. The molecule has 1 aromatic rings. The standard InChI is InChI=1S/C27H42N4O6/c1-17(2)24-16-36-11-3-4-12-37-21-9-6-18(7-10-21)14-22(25(32)29-24)30-27(35)31-23(26(33)34)15-19-5-8-20(28)13-19/h6-7,9-10,17,19-20,22-24H,3-5,8,11-16,28H2,1-2H3,(H,29,32)(H,33,34)(H2,30,31,35)/t19-,20?,22-,23?,24?/m1/s1. The Hall–Kier alpha value is -2.85. The Labute approximate surface area is 219 Å². The minimum Gasteiger partial charge on any atom is -0.494 e. The number of amides is 3. The van der Waals surface area contributed by atoms with Gasteiger partial charge in [0.05, 0.1) is 19.3 Å². The summed E-state index contributed by atoms with van der Waals surface area (Å²) in [5.41, 5.74) is 6.80. The highest BCUT2D eigenvalue weighted by molar-refractivity contribution is 5.89. The molecule has 2 bridgehead atoms. The van der Waals surface area contributed by atoms with Crippen LogP contribution in [0.15, 0.2) is 24.3 Å². The van der Waals surface area contributed by atoms with Crippen LogP contribution in [-0.4, -0.2) is 67.0 Å². The van der Waals surface area contributed by atoms with Gasteiger partial charge in [-0.05, 0) is 68.1 Å². The summed E-state index contributed by atoms with van der Waals surface area (Å²) in [7, 11) is 0. The number of carboxylic acids is 1. The van der Waals surface area contributed by atoms with E-state index in [1.165, 1.54) is 0 Å². The van der Waals surface area contributed by atoms with Crippen molar-refractivity contribution in [1.29, 1.82) is 0 Å². The molecule has 2 heterocycles. The molecule has 10 nitrogen and oxygen atoms in total. The minimum atomic E-state index is -1.11. The average Bonchev–Trinajstić information content (AvgIpc) is 3.26. The zero-order chi connectivity index (χ0) is 26.8. The second kappa shape index (κ2) is 14.2. The lowest BCUT2D eigenvalue weighted by atomic mass is 9.98. The molecule has 1 aliphatic carbocycles. The van der Waals surface area contributed by atoms with E-state index in [4.69, 9.17) is 15.2 Å². The first kappa shape index (κ1) is 28.7. The molecule has 1 aromatic carbocycles. The Kier molecular flexibility index (Phi) is 11.0. The smallest absolute Gasteiger partial charge is 0.326 e. The van der Waals surface area contributed by atoms with Crippen LogP contribution in [0.4, 0.5) is 4.79 Å². The van der Waals surface area contributed by atoms with Crippen molar-refractivity contribution < 1.29 is 29.0 Å². The molecule has 206 valence electrons. The third-order valence-electron chi connectivity index (χ3n) is 7.12. The SMILES string of the molecule is CC(C)C1COCCCCOc2ccc(cc2)C[C@@H](NC(=O)NC(C[C@@H]2CCC(N)C2)C(=O)O)C(=O)N1. The second-order valence-electron chi connectivity index (χ2n) is 10.6. The highest BCUT2D eigenvalue weighted by atomic mass is 16.5. The summed E-state index contributed by atoms with van der Waals surface area (Å²) < 4.78 is 11.6. The van der Waals surface area contributed by atoms with Gasteiger partial charge in [0.15, 0.2) is 0 Å². The van der Waals surface area contributed by atoms with Crippen molar-refractivity contribution in [2.45, 2.75) is 83.0 Å². The first-order chi connectivity index (χ1) is 17.7. The molecular formula is C27H42N4O6. The van der Waals surface area contributed by atoms with E-state index in [9.17, 15) is 19.5 Å². The summed E-state index contributed by atoms with van der Waals surface area (Å²) in [6, 6.07) is 4.61. The Bertz CT molecular complexity index is 893.